The molecule has 0 radical (unpaired) electrons. The zero-order valence-corrected chi connectivity index (χ0v) is 14.1. The molecule has 3 rings (SSSR count). The number of amides is 1. The van der Waals surface area contributed by atoms with Crippen molar-refractivity contribution in [2.45, 2.75) is 19.9 Å². The number of thiazole rings is 1. The van der Waals surface area contributed by atoms with E-state index in [-0.39, 0.29) is 12.5 Å². The van der Waals surface area contributed by atoms with Crippen LogP contribution in [0.4, 0.5) is 5.69 Å². The van der Waals surface area contributed by atoms with E-state index in [9.17, 15) is 4.79 Å². The number of aryl methyl sites for hydroxylation is 1. The van der Waals surface area contributed by atoms with E-state index in [2.05, 4.69) is 22.2 Å². The molecule has 3 aromatic rings. The number of nitrogens with zero attached hydrogens (tertiary/aromatic N) is 3. The first-order valence-corrected chi connectivity index (χ1v) is 8.42. The van der Waals surface area contributed by atoms with Crippen LogP contribution < -0.4 is 5.32 Å². The standard InChI is InChI=1S/C16H15ClN4OS/c1-2-12-9-23-16(20-12)14-7-21(10-18-14)8-15(22)19-13-5-3-4-11(17)6-13/h3-7,9-10H,2,8H2,1H3,(H,19,22). The van der Waals surface area contributed by atoms with Gasteiger partial charge >= 0.3 is 0 Å². The Kier molecular flexibility index (Phi) is 4.73. The predicted octanol–water partition coefficient (Wildman–Crippen LogP) is 3.86. The molecule has 0 saturated carbocycles. The zero-order valence-electron chi connectivity index (χ0n) is 12.5. The molecule has 0 aliphatic carbocycles. The Morgan fingerprint density at radius 2 is 2.30 bits per heavy atom. The van der Waals surface area contributed by atoms with Crippen molar-refractivity contribution in [3.63, 3.8) is 0 Å². The van der Waals surface area contributed by atoms with Gasteiger partial charge in [0.2, 0.25) is 5.91 Å². The van der Waals surface area contributed by atoms with E-state index < -0.39 is 0 Å². The third-order valence-electron chi connectivity index (χ3n) is 3.20. The van der Waals surface area contributed by atoms with Crippen molar-refractivity contribution in [2.24, 2.45) is 0 Å². The average Bonchev–Trinajstić information content (AvgIpc) is 3.15. The van der Waals surface area contributed by atoms with E-state index >= 15 is 0 Å². The summed E-state index contributed by atoms with van der Waals surface area (Å²) in [4.78, 5) is 20.9. The van der Waals surface area contributed by atoms with Gasteiger partial charge in [-0.05, 0) is 24.6 Å². The lowest BCUT2D eigenvalue weighted by molar-refractivity contribution is -0.116. The first kappa shape index (κ1) is 15.7. The molecule has 0 saturated heterocycles. The molecule has 5 nitrogen and oxygen atoms in total. The molecular weight excluding hydrogens is 332 g/mol. The molecule has 0 aliphatic rings. The van der Waals surface area contributed by atoms with Gasteiger partial charge in [-0.1, -0.05) is 24.6 Å². The van der Waals surface area contributed by atoms with Gasteiger partial charge < -0.3 is 9.88 Å². The normalized spacial score (nSPS) is 10.7. The van der Waals surface area contributed by atoms with Crippen molar-refractivity contribution >= 4 is 34.5 Å². The summed E-state index contributed by atoms with van der Waals surface area (Å²) in [6.45, 7) is 2.25. The minimum absolute atomic E-state index is 0.135. The second-order valence-corrected chi connectivity index (χ2v) is 6.28. The molecule has 0 aliphatic heterocycles. The van der Waals surface area contributed by atoms with Crippen LogP contribution in [0.15, 0.2) is 42.2 Å². The van der Waals surface area contributed by atoms with Crippen LogP contribution in [-0.4, -0.2) is 20.4 Å². The molecule has 23 heavy (non-hydrogen) atoms. The van der Waals surface area contributed by atoms with Crippen molar-refractivity contribution < 1.29 is 4.79 Å². The van der Waals surface area contributed by atoms with Gasteiger partial charge in [-0.15, -0.1) is 11.3 Å². The fraction of sp³-hybridized carbons (Fsp3) is 0.188. The number of hydrogen-bond donors (Lipinski definition) is 1. The SMILES string of the molecule is CCc1csc(-c2cn(CC(=O)Nc3cccc(Cl)c3)cn2)n1. The summed E-state index contributed by atoms with van der Waals surface area (Å²) < 4.78 is 1.74. The fourth-order valence-corrected chi connectivity index (χ4v) is 3.13. The van der Waals surface area contributed by atoms with Crippen LogP contribution >= 0.6 is 22.9 Å². The highest BCUT2D eigenvalue weighted by Gasteiger charge is 2.09. The van der Waals surface area contributed by atoms with E-state index in [1.165, 1.54) is 0 Å². The Balaban J connectivity index is 1.65. The minimum atomic E-state index is -0.135. The lowest BCUT2D eigenvalue weighted by Gasteiger charge is -2.05. The van der Waals surface area contributed by atoms with Gasteiger partial charge in [0.1, 0.15) is 17.2 Å². The molecule has 1 aromatic carbocycles. The third-order valence-corrected chi connectivity index (χ3v) is 4.35. The van der Waals surface area contributed by atoms with E-state index in [0.29, 0.717) is 10.7 Å². The average molecular weight is 347 g/mol. The molecule has 118 valence electrons. The molecule has 1 N–H and O–H groups in total. The second-order valence-electron chi connectivity index (χ2n) is 4.99. The number of anilines is 1. The summed E-state index contributed by atoms with van der Waals surface area (Å²) in [5.74, 6) is -0.135. The molecule has 0 atom stereocenters. The van der Waals surface area contributed by atoms with E-state index in [0.717, 1.165) is 22.8 Å². The lowest BCUT2D eigenvalue weighted by atomic mass is 10.3. The summed E-state index contributed by atoms with van der Waals surface area (Å²) in [5.41, 5.74) is 2.51. The van der Waals surface area contributed by atoms with Crippen molar-refractivity contribution in [1.29, 1.82) is 0 Å². The summed E-state index contributed by atoms with van der Waals surface area (Å²) in [5, 5.41) is 6.29. The summed E-state index contributed by atoms with van der Waals surface area (Å²) >= 11 is 7.46. The van der Waals surface area contributed by atoms with Gasteiger partial charge in [0, 0.05) is 22.3 Å². The Hall–Kier alpha value is -2.18. The molecule has 0 fully saturated rings. The van der Waals surface area contributed by atoms with Crippen LogP contribution in [0.3, 0.4) is 0 Å². The van der Waals surface area contributed by atoms with Crippen molar-refractivity contribution in [3.05, 3.63) is 52.9 Å². The highest BCUT2D eigenvalue weighted by molar-refractivity contribution is 7.13. The van der Waals surface area contributed by atoms with Crippen LogP contribution in [0.2, 0.25) is 5.02 Å². The summed E-state index contributed by atoms with van der Waals surface area (Å²) in [6, 6.07) is 7.06. The third kappa shape index (κ3) is 3.97. The molecule has 0 spiro atoms. The van der Waals surface area contributed by atoms with Crippen LogP contribution in [0.5, 0.6) is 0 Å². The van der Waals surface area contributed by atoms with Crippen molar-refractivity contribution in [3.8, 4) is 10.7 Å². The van der Waals surface area contributed by atoms with Gasteiger partial charge in [0.05, 0.1) is 12.0 Å². The summed E-state index contributed by atoms with van der Waals surface area (Å²) in [7, 11) is 0. The van der Waals surface area contributed by atoms with Crippen LogP contribution in [0, 0.1) is 0 Å². The first-order valence-electron chi connectivity index (χ1n) is 7.16. The topological polar surface area (TPSA) is 59.8 Å². The lowest BCUT2D eigenvalue weighted by Crippen LogP contribution is -2.17. The Bertz CT molecular complexity index is 827. The number of aromatic nitrogens is 3. The largest absolute Gasteiger partial charge is 0.327 e. The van der Waals surface area contributed by atoms with Gasteiger partial charge in [-0.25, -0.2) is 9.97 Å². The van der Waals surface area contributed by atoms with Crippen molar-refractivity contribution in [2.75, 3.05) is 5.32 Å². The first-order chi connectivity index (χ1) is 11.1. The van der Waals surface area contributed by atoms with Gasteiger partial charge in [-0.2, -0.15) is 0 Å². The molecule has 2 aromatic heterocycles. The molecular formula is C16H15ClN4OS. The monoisotopic (exact) mass is 346 g/mol. The number of nitrogens with one attached hydrogen (secondary N) is 1. The number of rotatable bonds is 5. The number of carbonyl (C=O) groups excluding carboxylic acids is 1. The van der Waals surface area contributed by atoms with Gasteiger partial charge in [0.25, 0.3) is 0 Å². The Morgan fingerprint density at radius 3 is 3.04 bits per heavy atom. The number of hydrogen-bond acceptors (Lipinski definition) is 4. The maximum atomic E-state index is 12.1. The molecule has 0 bridgehead atoms. The number of benzene rings is 1. The Morgan fingerprint density at radius 1 is 1.43 bits per heavy atom. The number of carbonyl (C=O) groups is 1. The number of halogens is 1. The van der Waals surface area contributed by atoms with Crippen LogP contribution in [0.1, 0.15) is 12.6 Å². The Labute approximate surface area is 143 Å². The molecule has 7 heteroatoms. The molecule has 0 unspecified atom stereocenters. The van der Waals surface area contributed by atoms with Gasteiger partial charge in [0.15, 0.2) is 0 Å². The predicted molar refractivity (Wildman–Crippen MR) is 92.8 cm³/mol. The highest BCUT2D eigenvalue weighted by atomic mass is 35.5. The molecule has 1 amide bonds. The quantitative estimate of drug-likeness (QED) is 0.763. The second kappa shape index (κ2) is 6.93. The summed E-state index contributed by atoms with van der Waals surface area (Å²) in [6.07, 6.45) is 4.37. The maximum Gasteiger partial charge on any atom is 0.244 e. The minimum Gasteiger partial charge on any atom is -0.327 e. The van der Waals surface area contributed by atoms with E-state index in [1.54, 1.807) is 46.5 Å². The van der Waals surface area contributed by atoms with E-state index in [1.807, 2.05) is 11.6 Å². The van der Waals surface area contributed by atoms with Crippen LogP contribution in [-0.2, 0) is 17.8 Å². The van der Waals surface area contributed by atoms with E-state index in [4.69, 9.17) is 11.6 Å². The zero-order chi connectivity index (χ0) is 16.2. The smallest absolute Gasteiger partial charge is 0.244 e. The molecule has 2 heterocycles. The maximum absolute atomic E-state index is 12.1. The highest BCUT2D eigenvalue weighted by Crippen LogP contribution is 2.22. The van der Waals surface area contributed by atoms with Crippen molar-refractivity contribution in [1.82, 2.24) is 14.5 Å². The van der Waals surface area contributed by atoms with Gasteiger partial charge in [-0.3, -0.25) is 4.79 Å². The fourth-order valence-electron chi connectivity index (χ4n) is 2.08. The van der Waals surface area contributed by atoms with Crippen LogP contribution in [0.25, 0.3) is 10.7 Å². The number of imidazole rings is 1.